The van der Waals surface area contributed by atoms with E-state index >= 15 is 0 Å². The number of aromatic amines is 1. The number of likely N-dealkylation sites (N-methyl/N-ethyl adjacent to an activating group) is 1. The Kier molecular flexibility index (Phi) is 9.15. The van der Waals surface area contributed by atoms with E-state index in [0.717, 1.165) is 30.0 Å². The molecule has 1 aliphatic heterocycles. The van der Waals surface area contributed by atoms with Crippen molar-refractivity contribution in [2.75, 3.05) is 45.8 Å². The lowest BCUT2D eigenvalue weighted by Gasteiger charge is -2.42. The van der Waals surface area contributed by atoms with E-state index in [1.807, 2.05) is 6.07 Å². The predicted octanol–water partition coefficient (Wildman–Crippen LogP) is 0.998. The molecule has 4 rings (SSSR count). The van der Waals surface area contributed by atoms with Gasteiger partial charge in [-0.15, -0.1) is 0 Å². The number of fused-ring (bicyclic) bond motifs is 2. The van der Waals surface area contributed by atoms with E-state index in [0.29, 0.717) is 24.7 Å². The molecule has 12 nitrogen and oxygen atoms in total. The van der Waals surface area contributed by atoms with Gasteiger partial charge in [-0.3, -0.25) is 9.08 Å². The van der Waals surface area contributed by atoms with E-state index in [9.17, 15) is 26.4 Å². The molecule has 1 aromatic carbocycles. The number of rotatable bonds is 9. The van der Waals surface area contributed by atoms with Crippen molar-refractivity contribution in [3.05, 3.63) is 59.3 Å². The molecule has 0 bridgehead atoms. The highest BCUT2D eigenvalue weighted by atomic mass is 32.2. The van der Waals surface area contributed by atoms with Crippen LogP contribution in [-0.2, 0) is 40.3 Å². The number of carboxylic acid groups (broad SMARTS) is 2. The molecule has 0 saturated heterocycles. The molecule has 14 heteroatoms. The minimum Gasteiger partial charge on any atom is -0.478 e. The predicted molar refractivity (Wildman–Crippen MR) is 141 cm³/mol. The fourth-order valence-corrected chi connectivity index (χ4v) is 5.97. The normalized spacial score (nSPS) is 19.6. The molecule has 1 aromatic heterocycles. The molecule has 38 heavy (non-hydrogen) atoms. The molecule has 0 spiro atoms. The maximum absolute atomic E-state index is 12.3. The van der Waals surface area contributed by atoms with Crippen molar-refractivity contribution < 1.29 is 40.8 Å². The number of carboxylic acids is 2. The Morgan fingerprint density at radius 1 is 1.16 bits per heavy atom. The molecular formula is C24H31N3O9S2. The van der Waals surface area contributed by atoms with Crippen LogP contribution < -0.4 is 0 Å². The second-order valence-electron chi connectivity index (χ2n) is 9.25. The summed E-state index contributed by atoms with van der Waals surface area (Å²) in [6.07, 6.45) is 8.44. The van der Waals surface area contributed by atoms with Gasteiger partial charge >= 0.3 is 11.9 Å². The maximum Gasteiger partial charge on any atom is 0.328 e. The number of nitrogens with one attached hydrogen (secondary N) is 1. The Hall–Kier alpha value is -3.04. The van der Waals surface area contributed by atoms with Gasteiger partial charge in [-0.05, 0) is 36.2 Å². The van der Waals surface area contributed by atoms with Crippen LogP contribution >= 0.6 is 0 Å². The molecule has 2 heterocycles. The average Bonchev–Trinajstić information content (AvgIpc) is 3.21. The maximum atomic E-state index is 12.3. The molecular weight excluding hydrogens is 538 g/mol. The average molecular weight is 570 g/mol. The van der Waals surface area contributed by atoms with Crippen molar-refractivity contribution in [2.45, 2.75) is 18.4 Å². The molecule has 0 amide bonds. The van der Waals surface area contributed by atoms with Crippen LogP contribution in [-0.4, -0.2) is 105 Å². The molecule has 2 atom stereocenters. The van der Waals surface area contributed by atoms with Crippen LogP contribution in [0.4, 0.5) is 0 Å². The van der Waals surface area contributed by atoms with Crippen molar-refractivity contribution in [1.82, 2.24) is 14.2 Å². The van der Waals surface area contributed by atoms with Crippen LogP contribution in [0.1, 0.15) is 17.0 Å². The minimum atomic E-state index is -3.62. The van der Waals surface area contributed by atoms with Crippen LogP contribution in [0.2, 0.25) is 0 Å². The first-order valence-electron chi connectivity index (χ1n) is 11.6. The van der Waals surface area contributed by atoms with E-state index in [-0.39, 0.29) is 25.6 Å². The summed E-state index contributed by atoms with van der Waals surface area (Å²) in [6, 6.07) is 6.60. The summed E-state index contributed by atoms with van der Waals surface area (Å²) >= 11 is 0. The Balaban J connectivity index is 0.000000436. The summed E-state index contributed by atoms with van der Waals surface area (Å²) in [6.45, 7) is 0.664. The van der Waals surface area contributed by atoms with Gasteiger partial charge in [0.2, 0.25) is 10.0 Å². The van der Waals surface area contributed by atoms with E-state index in [2.05, 4.69) is 41.3 Å². The molecule has 1 aliphatic carbocycles. The smallest absolute Gasteiger partial charge is 0.328 e. The standard InChI is InChI=1S/C20H27N3O5S2.C4H4O4/c1-22-12-14(13-23(29(2,24)25)7-8-28-30(3,26)27)9-17-16-5-4-6-18-20(16)15(11-21-18)10-19(17)22;5-3(6)1-2-4(7)8/h4-6,9,11,17,19,21H,7-8,10,12-13H2,1-3H3;1-2H,(H,5,6)(H,7,8)/b;2-1-/t17?,19-;/m1./s1. The van der Waals surface area contributed by atoms with Gasteiger partial charge in [0.25, 0.3) is 10.1 Å². The molecule has 2 aliphatic rings. The summed E-state index contributed by atoms with van der Waals surface area (Å²) < 4.78 is 53.0. The van der Waals surface area contributed by atoms with Gasteiger partial charge in [-0.25, -0.2) is 18.0 Å². The topological polar surface area (TPSA) is 174 Å². The zero-order chi connectivity index (χ0) is 28.3. The third kappa shape index (κ3) is 7.74. The lowest BCUT2D eigenvalue weighted by Crippen LogP contribution is -2.46. The van der Waals surface area contributed by atoms with Gasteiger partial charge < -0.3 is 15.2 Å². The van der Waals surface area contributed by atoms with Crippen LogP contribution in [0.25, 0.3) is 10.9 Å². The van der Waals surface area contributed by atoms with Crippen molar-refractivity contribution in [3.63, 3.8) is 0 Å². The molecule has 3 N–H and O–H groups in total. The van der Waals surface area contributed by atoms with Crippen molar-refractivity contribution in [3.8, 4) is 0 Å². The summed E-state index contributed by atoms with van der Waals surface area (Å²) in [5, 5.41) is 16.9. The monoisotopic (exact) mass is 569 g/mol. The van der Waals surface area contributed by atoms with Crippen molar-refractivity contribution in [2.24, 2.45) is 0 Å². The van der Waals surface area contributed by atoms with Gasteiger partial charge in [0.05, 0.1) is 19.1 Å². The molecule has 0 saturated carbocycles. The first-order valence-corrected chi connectivity index (χ1v) is 15.2. The van der Waals surface area contributed by atoms with E-state index < -0.39 is 32.1 Å². The second kappa shape index (κ2) is 11.8. The van der Waals surface area contributed by atoms with Gasteiger partial charge in [0.1, 0.15) is 0 Å². The van der Waals surface area contributed by atoms with Crippen molar-refractivity contribution in [1.29, 1.82) is 0 Å². The first-order chi connectivity index (χ1) is 17.7. The summed E-state index contributed by atoms with van der Waals surface area (Å²) in [7, 11) is -5.06. The van der Waals surface area contributed by atoms with E-state index in [1.165, 1.54) is 20.8 Å². The third-order valence-electron chi connectivity index (χ3n) is 6.31. The molecule has 0 radical (unpaired) electrons. The van der Waals surface area contributed by atoms with Crippen LogP contribution in [0, 0.1) is 0 Å². The van der Waals surface area contributed by atoms with Gasteiger partial charge in [0, 0.05) is 60.8 Å². The molecule has 208 valence electrons. The quantitative estimate of drug-likeness (QED) is 0.224. The van der Waals surface area contributed by atoms with Gasteiger partial charge in [-0.1, -0.05) is 18.2 Å². The van der Waals surface area contributed by atoms with E-state index in [1.54, 1.807) is 0 Å². The number of hydrogen-bond acceptors (Lipinski definition) is 8. The summed E-state index contributed by atoms with van der Waals surface area (Å²) in [5.74, 6) is -2.33. The largest absolute Gasteiger partial charge is 0.478 e. The van der Waals surface area contributed by atoms with Crippen LogP contribution in [0.5, 0.6) is 0 Å². The minimum absolute atomic E-state index is 0.0153. The fourth-order valence-electron chi connectivity index (χ4n) is 4.78. The summed E-state index contributed by atoms with van der Waals surface area (Å²) in [5.41, 5.74) is 4.70. The zero-order valence-corrected chi connectivity index (χ0v) is 22.8. The van der Waals surface area contributed by atoms with E-state index in [4.69, 9.17) is 14.4 Å². The Morgan fingerprint density at radius 2 is 1.82 bits per heavy atom. The number of benzene rings is 1. The highest BCUT2D eigenvalue weighted by Gasteiger charge is 2.36. The lowest BCUT2D eigenvalue weighted by molar-refractivity contribution is -0.134. The lowest BCUT2D eigenvalue weighted by atomic mass is 9.76. The Labute approximate surface area is 221 Å². The zero-order valence-electron chi connectivity index (χ0n) is 21.2. The Morgan fingerprint density at radius 3 is 2.39 bits per heavy atom. The number of nitrogens with zero attached hydrogens (tertiary/aromatic N) is 2. The number of aromatic nitrogens is 1. The number of carbonyl (C=O) groups is 2. The van der Waals surface area contributed by atoms with Crippen LogP contribution in [0.3, 0.4) is 0 Å². The highest BCUT2D eigenvalue weighted by molar-refractivity contribution is 7.88. The second-order valence-corrected chi connectivity index (χ2v) is 12.9. The van der Waals surface area contributed by atoms with Gasteiger partial charge in [-0.2, -0.15) is 12.7 Å². The van der Waals surface area contributed by atoms with Gasteiger partial charge in [0.15, 0.2) is 0 Å². The molecule has 1 unspecified atom stereocenters. The Bertz CT molecular complexity index is 1460. The molecule has 2 aromatic rings. The van der Waals surface area contributed by atoms with Crippen LogP contribution in [0.15, 0.2) is 48.2 Å². The number of H-pyrrole nitrogens is 1. The SMILES string of the molecule is CN1CC(CN(CCOS(C)(=O)=O)S(C)(=O)=O)=CC2c3cccc4[nH]cc(c34)C[C@H]21.O=C(O)/C=C\C(=O)O. The van der Waals surface area contributed by atoms with Crippen molar-refractivity contribution >= 4 is 43.0 Å². The fraction of sp³-hybridized carbons (Fsp3) is 0.417. The molecule has 0 fully saturated rings. The number of sulfonamides is 1. The third-order valence-corrected chi connectivity index (χ3v) is 8.16. The number of hydrogen-bond donors (Lipinski definition) is 3. The first kappa shape index (κ1) is 29.5. The highest BCUT2D eigenvalue weighted by Crippen LogP contribution is 2.41. The number of aliphatic carboxylic acids is 2. The summed E-state index contributed by atoms with van der Waals surface area (Å²) in [4.78, 5) is 24.7.